The molecule has 7 nitrogen and oxygen atoms in total. The number of likely N-dealkylation sites (tertiary alicyclic amines) is 1. The van der Waals surface area contributed by atoms with Crippen LogP contribution in [-0.2, 0) is 30.3 Å². The number of fused-ring (bicyclic) bond motifs is 2. The first-order chi connectivity index (χ1) is 15.8. The molecule has 2 heterocycles. The van der Waals surface area contributed by atoms with Crippen LogP contribution in [0.4, 0.5) is 5.69 Å². The van der Waals surface area contributed by atoms with Crippen LogP contribution in [0.15, 0.2) is 36.4 Å². The predicted molar refractivity (Wildman–Crippen MR) is 123 cm³/mol. The molecule has 1 aliphatic carbocycles. The Morgan fingerprint density at radius 2 is 1.67 bits per heavy atom. The molecule has 1 fully saturated rings. The van der Waals surface area contributed by atoms with E-state index in [4.69, 9.17) is 4.74 Å². The van der Waals surface area contributed by atoms with Gasteiger partial charge in [-0.25, -0.2) is 4.79 Å². The molecule has 4 rings (SSSR count). The molecule has 3 amide bonds. The topological polar surface area (TPSA) is 84.0 Å². The minimum atomic E-state index is -1.02. The van der Waals surface area contributed by atoms with Crippen LogP contribution in [0.5, 0.6) is 0 Å². The second-order valence-electron chi connectivity index (χ2n) is 9.65. The van der Waals surface area contributed by atoms with Crippen molar-refractivity contribution >= 4 is 29.4 Å². The SMILES string of the molecule is CC(C)C[C@@H](C(=O)O[C@@H](C)C(=O)N1CCCc2ccccc21)N1C(=O)[C@H]2CC=CC[C@H]2C1=O. The van der Waals surface area contributed by atoms with E-state index in [0.29, 0.717) is 25.8 Å². The number of para-hydroxylation sites is 1. The van der Waals surface area contributed by atoms with Crippen LogP contribution < -0.4 is 4.90 Å². The highest BCUT2D eigenvalue weighted by atomic mass is 16.5. The third-order valence-electron chi connectivity index (χ3n) is 6.84. The van der Waals surface area contributed by atoms with Crippen molar-refractivity contribution < 1.29 is 23.9 Å². The van der Waals surface area contributed by atoms with E-state index >= 15 is 0 Å². The summed E-state index contributed by atoms with van der Waals surface area (Å²) in [5.74, 6) is -2.35. The monoisotopic (exact) mass is 452 g/mol. The number of nitrogens with zero attached hydrogens (tertiary/aromatic N) is 2. The number of carbonyl (C=O) groups excluding carboxylic acids is 4. The first kappa shape index (κ1) is 23.2. The van der Waals surface area contributed by atoms with Crippen molar-refractivity contribution in [3.63, 3.8) is 0 Å². The van der Waals surface area contributed by atoms with Crippen LogP contribution in [-0.4, -0.2) is 47.3 Å². The van der Waals surface area contributed by atoms with Crippen LogP contribution in [0.25, 0.3) is 0 Å². The Kier molecular flexibility index (Phi) is 6.68. The van der Waals surface area contributed by atoms with Crippen LogP contribution in [0, 0.1) is 17.8 Å². The quantitative estimate of drug-likeness (QED) is 0.376. The molecule has 33 heavy (non-hydrogen) atoms. The highest BCUT2D eigenvalue weighted by Crippen LogP contribution is 2.37. The maximum Gasteiger partial charge on any atom is 0.330 e. The van der Waals surface area contributed by atoms with Crippen molar-refractivity contribution in [3.05, 3.63) is 42.0 Å². The number of carbonyl (C=O) groups is 4. The van der Waals surface area contributed by atoms with Gasteiger partial charge >= 0.3 is 5.97 Å². The molecule has 2 aliphatic heterocycles. The molecule has 3 aliphatic rings. The van der Waals surface area contributed by atoms with Crippen molar-refractivity contribution in [1.29, 1.82) is 0 Å². The lowest BCUT2D eigenvalue weighted by Crippen LogP contribution is -2.49. The van der Waals surface area contributed by atoms with Crippen LogP contribution >= 0.6 is 0 Å². The Morgan fingerprint density at radius 1 is 1.03 bits per heavy atom. The summed E-state index contributed by atoms with van der Waals surface area (Å²) in [4.78, 5) is 55.4. The Hall–Kier alpha value is -2.96. The van der Waals surface area contributed by atoms with E-state index in [1.54, 1.807) is 11.8 Å². The number of benzene rings is 1. The Morgan fingerprint density at radius 3 is 2.30 bits per heavy atom. The Balaban J connectivity index is 1.50. The van der Waals surface area contributed by atoms with Crippen molar-refractivity contribution in [2.24, 2.45) is 17.8 Å². The number of anilines is 1. The molecule has 1 aromatic carbocycles. The van der Waals surface area contributed by atoms with Gasteiger partial charge in [-0.3, -0.25) is 19.3 Å². The molecule has 0 spiro atoms. The average molecular weight is 453 g/mol. The number of esters is 1. The summed E-state index contributed by atoms with van der Waals surface area (Å²) in [5.41, 5.74) is 1.94. The normalized spacial score (nSPS) is 23.9. The maximum atomic E-state index is 13.3. The van der Waals surface area contributed by atoms with Gasteiger partial charge in [-0.05, 0) is 56.6 Å². The smallest absolute Gasteiger partial charge is 0.330 e. The number of ether oxygens (including phenoxy) is 1. The summed E-state index contributed by atoms with van der Waals surface area (Å²) in [6, 6.07) is 6.73. The van der Waals surface area contributed by atoms with Crippen LogP contribution in [0.3, 0.4) is 0 Å². The highest BCUT2D eigenvalue weighted by molar-refractivity contribution is 6.08. The summed E-state index contributed by atoms with van der Waals surface area (Å²) in [6.45, 7) is 5.98. The van der Waals surface area contributed by atoms with Gasteiger partial charge in [-0.15, -0.1) is 0 Å². The lowest BCUT2D eigenvalue weighted by atomic mass is 9.85. The number of aryl methyl sites for hydroxylation is 1. The molecule has 0 saturated carbocycles. The van der Waals surface area contributed by atoms with Gasteiger partial charge in [0.1, 0.15) is 6.04 Å². The number of amides is 3. The molecule has 0 N–H and O–H groups in total. The molecule has 0 aromatic heterocycles. The van der Waals surface area contributed by atoms with Gasteiger partial charge in [0.2, 0.25) is 11.8 Å². The standard InChI is InChI=1S/C26H32N2O5/c1-16(2)15-22(28-24(30)19-11-5-6-12-20(19)25(28)31)26(32)33-17(3)23(29)27-14-8-10-18-9-4-7-13-21(18)27/h4-7,9,13,16-17,19-20,22H,8,10-12,14-15H2,1-3H3/t17-,19-,20+,22-/m0/s1. The third-order valence-corrected chi connectivity index (χ3v) is 6.84. The van der Waals surface area contributed by atoms with Gasteiger partial charge in [0.15, 0.2) is 6.10 Å². The molecule has 0 unspecified atom stereocenters. The molecule has 7 heteroatoms. The number of hydrogen-bond donors (Lipinski definition) is 0. The van der Waals surface area contributed by atoms with Gasteiger partial charge in [-0.2, -0.15) is 0 Å². The second-order valence-corrected chi connectivity index (χ2v) is 9.65. The lowest BCUT2D eigenvalue weighted by Gasteiger charge is -2.32. The van der Waals surface area contributed by atoms with Gasteiger partial charge in [0.25, 0.3) is 5.91 Å². The summed E-state index contributed by atoms with van der Waals surface area (Å²) < 4.78 is 5.61. The predicted octanol–water partition coefficient (Wildman–Crippen LogP) is 3.26. The molecule has 0 bridgehead atoms. The first-order valence-corrected chi connectivity index (χ1v) is 11.9. The molecular weight excluding hydrogens is 420 g/mol. The van der Waals surface area contributed by atoms with Gasteiger partial charge in [-0.1, -0.05) is 44.2 Å². The maximum absolute atomic E-state index is 13.3. The molecule has 0 radical (unpaired) electrons. The second kappa shape index (κ2) is 9.49. The summed E-state index contributed by atoms with van der Waals surface area (Å²) >= 11 is 0. The molecule has 1 aromatic rings. The zero-order valence-corrected chi connectivity index (χ0v) is 19.5. The highest BCUT2D eigenvalue weighted by Gasteiger charge is 2.51. The van der Waals surface area contributed by atoms with Crippen molar-refractivity contribution in [3.8, 4) is 0 Å². The zero-order valence-electron chi connectivity index (χ0n) is 19.5. The minimum absolute atomic E-state index is 0.0592. The summed E-state index contributed by atoms with van der Waals surface area (Å²) in [6.07, 6.45) is 5.89. The fourth-order valence-corrected chi connectivity index (χ4v) is 5.17. The molecule has 4 atom stereocenters. The van der Waals surface area contributed by atoms with Crippen LogP contribution in [0.2, 0.25) is 0 Å². The Labute approximate surface area is 194 Å². The largest absolute Gasteiger partial charge is 0.451 e. The lowest BCUT2D eigenvalue weighted by molar-refractivity contribution is -0.165. The number of hydrogen-bond acceptors (Lipinski definition) is 5. The summed E-state index contributed by atoms with van der Waals surface area (Å²) in [7, 11) is 0. The summed E-state index contributed by atoms with van der Waals surface area (Å²) in [5, 5.41) is 0. The van der Waals surface area contributed by atoms with E-state index < -0.39 is 30.0 Å². The minimum Gasteiger partial charge on any atom is -0.451 e. The van der Waals surface area contributed by atoms with Gasteiger partial charge < -0.3 is 9.64 Å². The van der Waals surface area contributed by atoms with Crippen molar-refractivity contribution in [2.75, 3.05) is 11.4 Å². The van der Waals surface area contributed by atoms with Crippen molar-refractivity contribution in [1.82, 2.24) is 4.90 Å². The number of allylic oxidation sites excluding steroid dienone is 2. The number of imide groups is 1. The molecule has 1 saturated heterocycles. The third kappa shape index (κ3) is 4.45. The van der Waals surface area contributed by atoms with E-state index in [1.165, 1.54) is 0 Å². The van der Waals surface area contributed by atoms with E-state index in [-0.39, 0.29) is 23.6 Å². The molecular formula is C26H32N2O5. The van der Waals surface area contributed by atoms with E-state index in [0.717, 1.165) is 29.0 Å². The van der Waals surface area contributed by atoms with Crippen molar-refractivity contribution in [2.45, 2.75) is 65.0 Å². The zero-order chi connectivity index (χ0) is 23.7. The molecule has 176 valence electrons. The fraction of sp³-hybridized carbons (Fsp3) is 0.538. The van der Waals surface area contributed by atoms with E-state index in [1.807, 2.05) is 50.3 Å². The van der Waals surface area contributed by atoms with E-state index in [9.17, 15) is 19.2 Å². The van der Waals surface area contributed by atoms with Crippen LogP contribution in [0.1, 0.15) is 52.0 Å². The van der Waals surface area contributed by atoms with Gasteiger partial charge in [0.05, 0.1) is 11.8 Å². The Bertz CT molecular complexity index is 959. The first-order valence-electron chi connectivity index (χ1n) is 11.9. The average Bonchev–Trinajstić information content (AvgIpc) is 3.06. The fourth-order valence-electron chi connectivity index (χ4n) is 5.17. The van der Waals surface area contributed by atoms with Gasteiger partial charge in [0, 0.05) is 12.2 Å². The van der Waals surface area contributed by atoms with E-state index in [2.05, 4.69) is 0 Å². The number of rotatable bonds is 6.